The quantitative estimate of drug-likeness (QED) is 0.598. The summed E-state index contributed by atoms with van der Waals surface area (Å²) in [4.78, 5) is 12.7. The van der Waals surface area contributed by atoms with Crippen molar-refractivity contribution in [2.45, 2.75) is 6.92 Å². The van der Waals surface area contributed by atoms with Crippen LogP contribution in [0, 0.1) is 0 Å². The fourth-order valence-electron chi connectivity index (χ4n) is 2.85. The Hall–Kier alpha value is -3.66. The number of rotatable bonds is 4. The molecule has 0 spiro atoms. The van der Waals surface area contributed by atoms with Crippen molar-refractivity contribution in [3.05, 3.63) is 96.1 Å². The third-order valence-corrected chi connectivity index (χ3v) is 4.23. The summed E-state index contributed by atoms with van der Waals surface area (Å²) in [6.07, 6.45) is 1.86. The molecule has 0 atom stereocenters. The van der Waals surface area contributed by atoms with Gasteiger partial charge in [-0.3, -0.25) is 4.79 Å². The standard InChI is InChI=1S/C23H18N2O2/c1-17-22(23(26)25(24-17)19-8-4-2-5-9-19)16-18-12-14-21(15-13-18)27-20-10-6-3-7-11-20/h2-16H,1H3/b22-16-. The Bertz CT molecular complexity index is 1010. The first-order valence-electron chi connectivity index (χ1n) is 8.70. The second-order valence-corrected chi connectivity index (χ2v) is 6.18. The number of ether oxygens (including phenoxy) is 1. The average molecular weight is 354 g/mol. The summed E-state index contributed by atoms with van der Waals surface area (Å²) < 4.78 is 5.80. The lowest BCUT2D eigenvalue weighted by molar-refractivity contribution is -0.114. The van der Waals surface area contributed by atoms with E-state index in [9.17, 15) is 4.79 Å². The average Bonchev–Trinajstić information content (AvgIpc) is 2.99. The number of para-hydroxylation sites is 2. The van der Waals surface area contributed by atoms with E-state index in [-0.39, 0.29) is 5.91 Å². The number of amides is 1. The number of hydrogen-bond donors (Lipinski definition) is 0. The molecule has 4 nitrogen and oxygen atoms in total. The summed E-state index contributed by atoms with van der Waals surface area (Å²) in [7, 11) is 0. The van der Waals surface area contributed by atoms with Crippen LogP contribution in [0.25, 0.3) is 6.08 Å². The van der Waals surface area contributed by atoms with E-state index in [0.717, 1.165) is 22.7 Å². The van der Waals surface area contributed by atoms with Crippen LogP contribution in [0.15, 0.2) is 95.6 Å². The Morgan fingerprint density at radius 1 is 0.815 bits per heavy atom. The third-order valence-electron chi connectivity index (χ3n) is 4.23. The van der Waals surface area contributed by atoms with E-state index in [1.54, 1.807) is 0 Å². The third kappa shape index (κ3) is 3.65. The smallest absolute Gasteiger partial charge is 0.280 e. The zero-order chi connectivity index (χ0) is 18.6. The molecular weight excluding hydrogens is 336 g/mol. The topological polar surface area (TPSA) is 41.9 Å². The van der Waals surface area contributed by atoms with Crippen LogP contribution in [0.5, 0.6) is 11.5 Å². The van der Waals surface area contributed by atoms with Crippen molar-refractivity contribution in [1.82, 2.24) is 0 Å². The maximum atomic E-state index is 12.7. The Morgan fingerprint density at radius 3 is 2.07 bits per heavy atom. The second-order valence-electron chi connectivity index (χ2n) is 6.18. The van der Waals surface area contributed by atoms with Gasteiger partial charge in [-0.1, -0.05) is 48.5 Å². The maximum absolute atomic E-state index is 12.7. The zero-order valence-electron chi connectivity index (χ0n) is 14.9. The van der Waals surface area contributed by atoms with Gasteiger partial charge in [0.1, 0.15) is 11.5 Å². The minimum Gasteiger partial charge on any atom is -0.457 e. The maximum Gasteiger partial charge on any atom is 0.280 e. The van der Waals surface area contributed by atoms with Crippen molar-refractivity contribution < 1.29 is 9.53 Å². The van der Waals surface area contributed by atoms with Crippen molar-refractivity contribution in [2.75, 3.05) is 5.01 Å². The molecule has 1 aliphatic heterocycles. The molecule has 0 aliphatic carbocycles. The van der Waals surface area contributed by atoms with Crippen LogP contribution in [0.3, 0.4) is 0 Å². The molecule has 27 heavy (non-hydrogen) atoms. The highest BCUT2D eigenvalue weighted by Crippen LogP contribution is 2.26. The first kappa shape index (κ1) is 16.8. The molecule has 4 rings (SSSR count). The summed E-state index contributed by atoms with van der Waals surface area (Å²) in [5.74, 6) is 1.41. The van der Waals surface area contributed by atoms with Crippen LogP contribution >= 0.6 is 0 Å². The molecule has 0 unspecified atom stereocenters. The van der Waals surface area contributed by atoms with Crippen molar-refractivity contribution >= 4 is 23.4 Å². The number of nitrogens with zero attached hydrogens (tertiary/aromatic N) is 2. The van der Waals surface area contributed by atoms with Gasteiger partial charge in [-0.15, -0.1) is 0 Å². The van der Waals surface area contributed by atoms with Gasteiger partial charge in [0.05, 0.1) is 17.0 Å². The minimum absolute atomic E-state index is 0.122. The fraction of sp³-hybridized carbons (Fsp3) is 0.0435. The molecule has 132 valence electrons. The van der Waals surface area contributed by atoms with Gasteiger partial charge in [-0.05, 0) is 55.0 Å². The van der Waals surface area contributed by atoms with E-state index in [0.29, 0.717) is 11.3 Å². The molecule has 0 saturated heterocycles. The number of anilines is 1. The first-order chi connectivity index (χ1) is 13.2. The molecule has 0 fully saturated rings. The van der Waals surface area contributed by atoms with Gasteiger partial charge in [-0.25, -0.2) is 0 Å². The second kappa shape index (κ2) is 7.30. The Kier molecular flexibility index (Phi) is 4.54. The molecule has 3 aromatic carbocycles. The summed E-state index contributed by atoms with van der Waals surface area (Å²) in [5.41, 5.74) is 2.98. The lowest BCUT2D eigenvalue weighted by Gasteiger charge is -2.11. The Morgan fingerprint density at radius 2 is 1.41 bits per heavy atom. The Balaban J connectivity index is 1.53. The lowest BCUT2D eigenvalue weighted by atomic mass is 10.1. The summed E-state index contributed by atoms with van der Waals surface area (Å²) >= 11 is 0. The SMILES string of the molecule is CC1=NN(c2ccccc2)C(=O)/C1=C\c1ccc(Oc2ccccc2)cc1. The number of hydrogen-bond acceptors (Lipinski definition) is 3. The van der Waals surface area contributed by atoms with Crippen LogP contribution in [0.4, 0.5) is 5.69 Å². The van der Waals surface area contributed by atoms with E-state index >= 15 is 0 Å². The van der Waals surface area contributed by atoms with E-state index in [1.807, 2.05) is 97.9 Å². The van der Waals surface area contributed by atoms with Crippen molar-refractivity contribution in [1.29, 1.82) is 0 Å². The summed E-state index contributed by atoms with van der Waals surface area (Å²) in [6.45, 7) is 1.85. The highest BCUT2D eigenvalue weighted by molar-refractivity contribution is 6.32. The van der Waals surface area contributed by atoms with Gasteiger partial charge in [0.2, 0.25) is 0 Å². The Labute approximate surface area is 158 Å². The van der Waals surface area contributed by atoms with Crippen molar-refractivity contribution in [2.24, 2.45) is 5.10 Å². The van der Waals surface area contributed by atoms with Crippen molar-refractivity contribution in [3.63, 3.8) is 0 Å². The predicted molar refractivity (Wildman–Crippen MR) is 108 cm³/mol. The number of hydrazone groups is 1. The van der Waals surface area contributed by atoms with E-state index in [2.05, 4.69) is 5.10 Å². The molecule has 3 aromatic rings. The monoisotopic (exact) mass is 354 g/mol. The summed E-state index contributed by atoms with van der Waals surface area (Å²) in [6, 6.07) is 26.7. The van der Waals surface area contributed by atoms with Gasteiger partial charge in [0.25, 0.3) is 5.91 Å². The van der Waals surface area contributed by atoms with Crippen molar-refractivity contribution in [3.8, 4) is 11.5 Å². The van der Waals surface area contributed by atoms with Crippen LogP contribution in [-0.2, 0) is 4.79 Å². The molecule has 1 aliphatic rings. The van der Waals surface area contributed by atoms with E-state index < -0.39 is 0 Å². The zero-order valence-corrected chi connectivity index (χ0v) is 14.9. The largest absolute Gasteiger partial charge is 0.457 e. The number of carbonyl (C=O) groups excluding carboxylic acids is 1. The summed E-state index contributed by atoms with van der Waals surface area (Å²) in [5, 5.41) is 5.84. The molecule has 0 aromatic heterocycles. The van der Waals surface area contributed by atoms with E-state index in [1.165, 1.54) is 5.01 Å². The van der Waals surface area contributed by atoms with Gasteiger partial charge in [0, 0.05) is 0 Å². The molecule has 0 saturated carbocycles. The molecule has 0 N–H and O–H groups in total. The van der Waals surface area contributed by atoms with Gasteiger partial charge >= 0.3 is 0 Å². The highest BCUT2D eigenvalue weighted by atomic mass is 16.5. The molecule has 0 radical (unpaired) electrons. The number of carbonyl (C=O) groups is 1. The lowest BCUT2D eigenvalue weighted by Crippen LogP contribution is -2.21. The molecule has 1 heterocycles. The van der Waals surface area contributed by atoms with Gasteiger partial charge in [-0.2, -0.15) is 10.1 Å². The molecule has 1 amide bonds. The minimum atomic E-state index is -0.122. The van der Waals surface area contributed by atoms with Gasteiger partial charge < -0.3 is 4.74 Å². The van der Waals surface area contributed by atoms with Crippen LogP contribution < -0.4 is 9.75 Å². The van der Waals surface area contributed by atoms with E-state index in [4.69, 9.17) is 4.74 Å². The highest BCUT2D eigenvalue weighted by Gasteiger charge is 2.28. The molecular formula is C23H18N2O2. The first-order valence-corrected chi connectivity index (χ1v) is 8.70. The van der Waals surface area contributed by atoms with Crippen LogP contribution in [0.2, 0.25) is 0 Å². The van der Waals surface area contributed by atoms with Crippen LogP contribution in [-0.4, -0.2) is 11.6 Å². The fourth-order valence-corrected chi connectivity index (χ4v) is 2.85. The molecule has 4 heteroatoms. The number of benzene rings is 3. The normalized spacial score (nSPS) is 15.1. The predicted octanol–water partition coefficient (Wildman–Crippen LogP) is 5.29. The van der Waals surface area contributed by atoms with Gasteiger partial charge in [0.15, 0.2) is 0 Å². The van der Waals surface area contributed by atoms with Crippen LogP contribution in [0.1, 0.15) is 12.5 Å². The molecule has 0 bridgehead atoms.